The Morgan fingerprint density at radius 3 is 2.62 bits per heavy atom. The number of benzene rings is 1. The zero-order chi connectivity index (χ0) is 15.1. The second kappa shape index (κ2) is 8.10. The van der Waals surface area contributed by atoms with E-state index in [1.807, 2.05) is 12.1 Å². The molecule has 1 saturated heterocycles. The van der Waals surface area contributed by atoms with Gasteiger partial charge < -0.3 is 24.8 Å². The molecule has 1 aromatic rings. The summed E-state index contributed by atoms with van der Waals surface area (Å²) < 4.78 is 16.4. The minimum absolute atomic E-state index is 0.441. The molecule has 2 N–H and O–H groups in total. The van der Waals surface area contributed by atoms with Gasteiger partial charge in [-0.05, 0) is 31.4 Å². The van der Waals surface area contributed by atoms with Gasteiger partial charge in [0, 0.05) is 38.5 Å². The van der Waals surface area contributed by atoms with Gasteiger partial charge in [0.05, 0.1) is 19.8 Å². The van der Waals surface area contributed by atoms with Crippen LogP contribution in [0, 0.1) is 0 Å². The fourth-order valence-electron chi connectivity index (χ4n) is 2.64. The van der Waals surface area contributed by atoms with Crippen LogP contribution in [0.4, 0.5) is 5.69 Å². The Hall–Kier alpha value is -1.46. The molecule has 0 spiro atoms. The van der Waals surface area contributed by atoms with Crippen molar-refractivity contribution in [2.75, 3.05) is 46.2 Å². The largest absolute Gasteiger partial charge is 0.493 e. The minimum atomic E-state index is 0.441. The van der Waals surface area contributed by atoms with E-state index in [1.165, 1.54) is 0 Å². The van der Waals surface area contributed by atoms with Crippen LogP contribution in [0.5, 0.6) is 11.5 Å². The highest BCUT2D eigenvalue weighted by molar-refractivity contribution is 5.51. The van der Waals surface area contributed by atoms with E-state index in [9.17, 15) is 0 Å². The molecule has 0 aromatic heterocycles. The quantitative estimate of drug-likeness (QED) is 0.617. The summed E-state index contributed by atoms with van der Waals surface area (Å²) in [4.78, 5) is 2.47. The number of ether oxygens (including phenoxy) is 3. The van der Waals surface area contributed by atoms with Crippen LogP contribution in [0.25, 0.3) is 0 Å². The molecule has 1 aliphatic rings. The van der Waals surface area contributed by atoms with E-state index in [-0.39, 0.29) is 0 Å². The van der Waals surface area contributed by atoms with Crippen molar-refractivity contribution >= 4 is 5.69 Å². The van der Waals surface area contributed by atoms with Gasteiger partial charge in [-0.15, -0.1) is 0 Å². The van der Waals surface area contributed by atoms with Gasteiger partial charge in [0.15, 0.2) is 11.5 Å². The Labute approximate surface area is 127 Å². The van der Waals surface area contributed by atoms with Gasteiger partial charge >= 0.3 is 0 Å². The Kier molecular flexibility index (Phi) is 6.14. The van der Waals surface area contributed by atoms with Crippen LogP contribution in [-0.2, 0) is 4.74 Å². The molecule has 0 unspecified atom stereocenters. The molecular formula is C16H26N2O3. The maximum absolute atomic E-state index is 5.78. The van der Waals surface area contributed by atoms with Crippen LogP contribution in [0.1, 0.15) is 19.3 Å². The fourth-order valence-corrected chi connectivity index (χ4v) is 2.64. The van der Waals surface area contributed by atoms with Crippen LogP contribution in [-0.4, -0.2) is 51.5 Å². The third-order valence-corrected chi connectivity index (χ3v) is 3.93. The zero-order valence-electron chi connectivity index (χ0n) is 13.0. The standard InChI is InChI=1S/C16H26N2O3/c1-19-14-6-9-18(10-7-14)8-3-11-21-15-5-4-13(17)12-16(15)20-2/h4-5,12,14H,3,6-11,17H2,1-2H3. The second-order valence-electron chi connectivity index (χ2n) is 5.39. The monoisotopic (exact) mass is 294 g/mol. The fraction of sp³-hybridized carbons (Fsp3) is 0.625. The number of nitrogen functional groups attached to an aromatic ring is 1. The third-order valence-electron chi connectivity index (χ3n) is 3.93. The highest BCUT2D eigenvalue weighted by Crippen LogP contribution is 2.29. The van der Waals surface area contributed by atoms with Crippen molar-refractivity contribution in [2.24, 2.45) is 0 Å². The number of piperidine rings is 1. The summed E-state index contributed by atoms with van der Waals surface area (Å²) in [7, 11) is 3.43. The molecule has 2 rings (SSSR count). The molecule has 1 heterocycles. The Balaban J connectivity index is 1.68. The number of likely N-dealkylation sites (tertiary alicyclic amines) is 1. The third kappa shape index (κ3) is 4.79. The summed E-state index contributed by atoms with van der Waals surface area (Å²) in [5, 5.41) is 0. The summed E-state index contributed by atoms with van der Waals surface area (Å²) >= 11 is 0. The van der Waals surface area contributed by atoms with Crippen LogP contribution in [0.3, 0.4) is 0 Å². The lowest BCUT2D eigenvalue weighted by Crippen LogP contribution is -2.37. The zero-order valence-corrected chi connectivity index (χ0v) is 13.0. The van der Waals surface area contributed by atoms with E-state index >= 15 is 0 Å². The Morgan fingerprint density at radius 1 is 1.19 bits per heavy atom. The van der Waals surface area contributed by atoms with Gasteiger partial charge in [-0.1, -0.05) is 0 Å². The molecule has 0 aliphatic carbocycles. The van der Waals surface area contributed by atoms with E-state index in [0.29, 0.717) is 24.1 Å². The maximum Gasteiger partial charge on any atom is 0.162 e. The van der Waals surface area contributed by atoms with E-state index in [1.54, 1.807) is 20.3 Å². The van der Waals surface area contributed by atoms with Crippen molar-refractivity contribution in [1.29, 1.82) is 0 Å². The molecule has 5 heteroatoms. The number of hydrogen-bond acceptors (Lipinski definition) is 5. The minimum Gasteiger partial charge on any atom is -0.493 e. The first-order valence-electron chi connectivity index (χ1n) is 7.54. The summed E-state index contributed by atoms with van der Waals surface area (Å²) in [6.07, 6.45) is 3.70. The highest BCUT2D eigenvalue weighted by atomic mass is 16.5. The van der Waals surface area contributed by atoms with Crippen molar-refractivity contribution in [1.82, 2.24) is 4.90 Å². The van der Waals surface area contributed by atoms with Crippen molar-refractivity contribution < 1.29 is 14.2 Å². The van der Waals surface area contributed by atoms with Crippen LogP contribution in [0.2, 0.25) is 0 Å². The van der Waals surface area contributed by atoms with E-state index in [4.69, 9.17) is 19.9 Å². The normalized spacial score (nSPS) is 16.9. The lowest BCUT2D eigenvalue weighted by Gasteiger charge is -2.31. The summed E-state index contributed by atoms with van der Waals surface area (Å²) in [6, 6.07) is 5.47. The van der Waals surface area contributed by atoms with Gasteiger partial charge in [0.1, 0.15) is 0 Å². The summed E-state index contributed by atoms with van der Waals surface area (Å²) in [5.41, 5.74) is 6.41. The molecule has 1 aromatic carbocycles. The number of nitrogens with two attached hydrogens (primary N) is 1. The van der Waals surface area contributed by atoms with Crippen molar-refractivity contribution in [3.63, 3.8) is 0 Å². The number of rotatable bonds is 7. The Bertz CT molecular complexity index is 432. The molecule has 1 fully saturated rings. The van der Waals surface area contributed by atoms with Crippen molar-refractivity contribution in [3.8, 4) is 11.5 Å². The highest BCUT2D eigenvalue weighted by Gasteiger charge is 2.17. The number of nitrogens with zero attached hydrogens (tertiary/aromatic N) is 1. The molecule has 0 atom stereocenters. The maximum atomic E-state index is 5.78. The first-order valence-corrected chi connectivity index (χ1v) is 7.54. The van der Waals surface area contributed by atoms with Gasteiger partial charge in [0.25, 0.3) is 0 Å². The second-order valence-corrected chi connectivity index (χ2v) is 5.39. The van der Waals surface area contributed by atoms with Crippen LogP contribution in [0.15, 0.2) is 18.2 Å². The molecule has 118 valence electrons. The first-order chi connectivity index (χ1) is 10.2. The molecule has 0 bridgehead atoms. The van der Waals surface area contributed by atoms with Crippen molar-refractivity contribution in [2.45, 2.75) is 25.4 Å². The average Bonchev–Trinajstić information content (AvgIpc) is 2.53. The molecule has 21 heavy (non-hydrogen) atoms. The number of anilines is 1. The molecule has 1 aliphatic heterocycles. The smallest absolute Gasteiger partial charge is 0.162 e. The summed E-state index contributed by atoms with van der Waals surface area (Å²) in [6.45, 7) is 3.98. The number of hydrogen-bond donors (Lipinski definition) is 1. The lowest BCUT2D eigenvalue weighted by atomic mass is 10.1. The van der Waals surface area contributed by atoms with Gasteiger partial charge in [0.2, 0.25) is 0 Å². The first kappa shape index (κ1) is 15.9. The molecule has 0 saturated carbocycles. The van der Waals surface area contributed by atoms with Crippen LogP contribution >= 0.6 is 0 Å². The predicted molar refractivity (Wildman–Crippen MR) is 84.0 cm³/mol. The van der Waals surface area contributed by atoms with E-state index < -0.39 is 0 Å². The van der Waals surface area contributed by atoms with E-state index in [2.05, 4.69) is 4.90 Å². The Morgan fingerprint density at radius 2 is 1.95 bits per heavy atom. The topological polar surface area (TPSA) is 57.0 Å². The van der Waals surface area contributed by atoms with Crippen LogP contribution < -0.4 is 15.2 Å². The SMILES string of the molecule is COc1cc(N)ccc1OCCCN1CCC(OC)CC1. The van der Waals surface area contributed by atoms with Crippen molar-refractivity contribution in [3.05, 3.63) is 18.2 Å². The van der Waals surface area contributed by atoms with Gasteiger partial charge in [-0.2, -0.15) is 0 Å². The average molecular weight is 294 g/mol. The van der Waals surface area contributed by atoms with Gasteiger partial charge in [-0.3, -0.25) is 0 Å². The molecular weight excluding hydrogens is 268 g/mol. The predicted octanol–water partition coefficient (Wildman–Crippen LogP) is 2.16. The molecule has 0 amide bonds. The lowest BCUT2D eigenvalue weighted by molar-refractivity contribution is 0.0398. The number of methoxy groups -OCH3 is 2. The van der Waals surface area contributed by atoms with E-state index in [0.717, 1.165) is 44.6 Å². The molecule has 0 radical (unpaired) electrons. The summed E-state index contributed by atoms with van der Waals surface area (Å²) in [5.74, 6) is 1.45. The van der Waals surface area contributed by atoms with Gasteiger partial charge in [-0.25, -0.2) is 0 Å². The molecule has 5 nitrogen and oxygen atoms in total.